The van der Waals surface area contributed by atoms with Gasteiger partial charge in [0.15, 0.2) is 12.4 Å². The third-order valence-electron chi connectivity index (χ3n) is 2.82. The molecule has 2 rings (SSSR count). The Kier molecular flexibility index (Phi) is 5.17. The molecule has 0 amide bonds. The SMILES string of the molecule is OC[C@@H](O)[C@@H]1O[C@H](O)[C@H](OSc2ccccc2)[C@H]1O. The summed E-state index contributed by atoms with van der Waals surface area (Å²) in [5.74, 6) is 0. The minimum atomic E-state index is -1.35. The molecule has 1 aromatic rings. The lowest BCUT2D eigenvalue weighted by atomic mass is 10.1. The molecule has 4 N–H and O–H groups in total. The van der Waals surface area contributed by atoms with E-state index in [0.29, 0.717) is 0 Å². The molecule has 0 radical (unpaired) electrons. The van der Waals surface area contributed by atoms with E-state index in [2.05, 4.69) is 0 Å². The van der Waals surface area contributed by atoms with Crippen molar-refractivity contribution in [3.63, 3.8) is 0 Å². The van der Waals surface area contributed by atoms with Crippen molar-refractivity contribution in [3.05, 3.63) is 30.3 Å². The van der Waals surface area contributed by atoms with Crippen LogP contribution in [0.15, 0.2) is 35.2 Å². The van der Waals surface area contributed by atoms with Crippen molar-refractivity contribution in [2.75, 3.05) is 6.61 Å². The normalized spacial score (nSPS) is 32.4. The fourth-order valence-electron chi connectivity index (χ4n) is 1.79. The van der Waals surface area contributed by atoms with Crippen LogP contribution in [0, 0.1) is 0 Å². The highest BCUT2D eigenvalue weighted by Crippen LogP contribution is 2.30. The van der Waals surface area contributed by atoms with Gasteiger partial charge in [-0.25, -0.2) is 0 Å². The maximum absolute atomic E-state index is 9.90. The first-order valence-corrected chi connectivity index (χ1v) is 6.56. The van der Waals surface area contributed by atoms with Crippen molar-refractivity contribution in [1.82, 2.24) is 0 Å². The second-order valence-corrected chi connectivity index (χ2v) is 5.02. The van der Waals surface area contributed by atoms with Gasteiger partial charge >= 0.3 is 0 Å². The number of benzene rings is 1. The quantitative estimate of drug-likeness (QED) is 0.543. The molecule has 0 bridgehead atoms. The van der Waals surface area contributed by atoms with Crippen LogP contribution in [-0.2, 0) is 8.92 Å². The molecule has 1 aromatic carbocycles. The van der Waals surface area contributed by atoms with Crippen LogP contribution in [0.5, 0.6) is 0 Å². The van der Waals surface area contributed by atoms with Crippen molar-refractivity contribution in [2.45, 2.75) is 35.6 Å². The topological polar surface area (TPSA) is 99.4 Å². The van der Waals surface area contributed by atoms with E-state index in [1.807, 2.05) is 30.3 Å². The fourth-order valence-corrected chi connectivity index (χ4v) is 2.49. The molecule has 5 atom stereocenters. The summed E-state index contributed by atoms with van der Waals surface area (Å²) >= 11 is 1.00. The highest BCUT2D eigenvalue weighted by atomic mass is 32.2. The molecule has 1 saturated heterocycles. The van der Waals surface area contributed by atoms with E-state index in [4.69, 9.17) is 14.0 Å². The van der Waals surface area contributed by atoms with Crippen molar-refractivity contribution < 1.29 is 29.3 Å². The van der Waals surface area contributed by atoms with Gasteiger partial charge in [0.25, 0.3) is 0 Å². The van der Waals surface area contributed by atoms with Crippen LogP contribution >= 0.6 is 12.0 Å². The zero-order valence-electron chi connectivity index (χ0n) is 9.99. The molecule has 1 fully saturated rings. The second-order valence-electron chi connectivity index (χ2n) is 4.19. The Morgan fingerprint density at radius 2 is 1.95 bits per heavy atom. The van der Waals surface area contributed by atoms with Gasteiger partial charge in [0.2, 0.25) is 0 Å². The molecule has 106 valence electrons. The van der Waals surface area contributed by atoms with Gasteiger partial charge < -0.3 is 25.2 Å². The lowest BCUT2D eigenvalue weighted by Crippen LogP contribution is -2.40. The predicted octanol–water partition coefficient (Wildman–Crippen LogP) is -0.490. The molecular weight excluding hydrogens is 272 g/mol. The van der Waals surface area contributed by atoms with E-state index in [1.54, 1.807) is 0 Å². The second kappa shape index (κ2) is 6.67. The summed E-state index contributed by atoms with van der Waals surface area (Å²) in [6, 6.07) is 9.17. The zero-order chi connectivity index (χ0) is 13.8. The van der Waals surface area contributed by atoms with Gasteiger partial charge in [0, 0.05) is 16.9 Å². The van der Waals surface area contributed by atoms with E-state index in [1.165, 1.54) is 0 Å². The molecular formula is C12H16O6S. The molecule has 0 saturated carbocycles. The third-order valence-corrected chi connectivity index (χ3v) is 3.60. The molecule has 19 heavy (non-hydrogen) atoms. The average Bonchev–Trinajstić information content (AvgIpc) is 2.72. The number of rotatable bonds is 5. The Morgan fingerprint density at radius 1 is 1.26 bits per heavy atom. The van der Waals surface area contributed by atoms with Crippen LogP contribution in [0.1, 0.15) is 0 Å². The van der Waals surface area contributed by atoms with Gasteiger partial charge in [-0.1, -0.05) is 18.2 Å². The Hall–Kier alpha value is -0.670. The molecule has 0 aliphatic carbocycles. The molecule has 0 aromatic heterocycles. The average molecular weight is 288 g/mol. The molecule has 6 nitrogen and oxygen atoms in total. The van der Waals surface area contributed by atoms with Crippen LogP contribution in [0.25, 0.3) is 0 Å². The van der Waals surface area contributed by atoms with Gasteiger partial charge in [-0.05, 0) is 12.1 Å². The highest BCUT2D eigenvalue weighted by Gasteiger charge is 2.47. The Bertz CT molecular complexity index is 389. The van der Waals surface area contributed by atoms with E-state index < -0.39 is 37.3 Å². The van der Waals surface area contributed by atoms with Crippen LogP contribution in [0.2, 0.25) is 0 Å². The molecule has 7 heteroatoms. The van der Waals surface area contributed by atoms with E-state index >= 15 is 0 Å². The number of ether oxygens (including phenoxy) is 1. The van der Waals surface area contributed by atoms with Crippen molar-refractivity contribution in [2.24, 2.45) is 0 Å². The first-order valence-electron chi connectivity index (χ1n) is 5.82. The molecule has 0 unspecified atom stereocenters. The molecule has 1 aliphatic heterocycles. The third kappa shape index (κ3) is 3.46. The monoisotopic (exact) mass is 288 g/mol. The summed E-state index contributed by atoms with van der Waals surface area (Å²) in [5, 5.41) is 37.8. The Morgan fingerprint density at radius 3 is 2.58 bits per heavy atom. The van der Waals surface area contributed by atoms with Crippen LogP contribution in [0.3, 0.4) is 0 Å². The smallest absolute Gasteiger partial charge is 0.185 e. The first kappa shape index (κ1) is 14.7. The summed E-state index contributed by atoms with van der Waals surface area (Å²) in [6.07, 6.45) is -5.89. The molecule has 0 spiro atoms. The van der Waals surface area contributed by atoms with Crippen LogP contribution < -0.4 is 0 Å². The van der Waals surface area contributed by atoms with Crippen molar-refractivity contribution in [3.8, 4) is 0 Å². The van der Waals surface area contributed by atoms with E-state index in [-0.39, 0.29) is 0 Å². The maximum atomic E-state index is 9.90. The Balaban J connectivity index is 1.93. The van der Waals surface area contributed by atoms with Crippen molar-refractivity contribution >= 4 is 12.0 Å². The van der Waals surface area contributed by atoms with E-state index in [0.717, 1.165) is 16.9 Å². The summed E-state index contributed by atoms with van der Waals surface area (Å²) < 4.78 is 10.3. The standard InChI is InChI=1S/C12H16O6S/c13-6-8(14)10-9(15)11(12(16)17-10)18-19-7-4-2-1-3-5-7/h1-5,8-16H,6H2/t8-,9+,10+,11-,12+/m1/s1. The minimum Gasteiger partial charge on any atom is -0.394 e. The van der Waals surface area contributed by atoms with Gasteiger partial charge in [0.1, 0.15) is 18.3 Å². The van der Waals surface area contributed by atoms with Crippen LogP contribution in [-0.4, -0.2) is 57.7 Å². The van der Waals surface area contributed by atoms with Gasteiger partial charge in [0.05, 0.1) is 6.61 Å². The first-order chi connectivity index (χ1) is 9.13. The number of hydrogen-bond acceptors (Lipinski definition) is 7. The summed E-state index contributed by atoms with van der Waals surface area (Å²) in [5.41, 5.74) is 0. The lowest BCUT2D eigenvalue weighted by Gasteiger charge is -2.19. The maximum Gasteiger partial charge on any atom is 0.185 e. The van der Waals surface area contributed by atoms with Crippen LogP contribution in [0.4, 0.5) is 0 Å². The van der Waals surface area contributed by atoms with E-state index in [9.17, 15) is 15.3 Å². The van der Waals surface area contributed by atoms with Gasteiger partial charge in [-0.2, -0.15) is 0 Å². The summed E-state index contributed by atoms with van der Waals surface area (Å²) in [6.45, 7) is -0.563. The fraction of sp³-hybridized carbons (Fsp3) is 0.500. The van der Waals surface area contributed by atoms with Crippen molar-refractivity contribution in [1.29, 1.82) is 0 Å². The number of aliphatic hydroxyl groups excluding tert-OH is 4. The number of hydrogen-bond donors (Lipinski definition) is 4. The molecule has 1 heterocycles. The lowest BCUT2D eigenvalue weighted by molar-refractivity contribution is -0.146. The zero-order valence-corrected chi connectivity index (χ0v) is 10.8. The highest BCUT2D eigenvalue weighted by molar-refractivity contribution is 7.94. The predicted molar refractivity (Wildman–Crippen MR) is 67.2 cm³/mol. The Labute approximate surface area is 114 Å². The molecule has 1 aliphatic rings. The largest absolute Gasteiger partial charge is 0.394 e. The number of aliphatic hydroxyl groups is 4. The summed E-state index contributed by atoms with van der Waals surface area (Å²) in [7, 11) is 0. The minimum absolute atomic E-state index is 0.563. The van der Waals surface area contributed by atoms with Gasteiger partial charge in [-0.3, -0.25) is 4.18 Å². The summed E-state index contributed by atoms with van der Waals surface area (Å²) in [4.78, 5) is 0.813. The van der Waals surface area contributed by atoms with Gasteiger partial charge in [-0.15, -0.1) is 0 Å².